The van der Waals surface area contributed by atoms with Crippen LogP contribution in [0.5, 0.6) is 0 Å². The minimum Gasteiger partial charge on any atom is -0.357 e. The largest absolute Gasteiger partial charge is 0.357 e. The zero-order valence-corrected chi connectivity index (χ0v) is 10.00. The monoisotopic (exact) mass is 220 g/mol. The van der Waals surface area contributed by atoms with E-state index < -0.39 is 0 Å². The fourth-order valence-corrected chi connectivity index (χ4v) is 2.93. The van der Waals surface area contributed by atoms with Crippen LogP contribution in [0.2, 0.25) is 0 Å². The molecule has 0 bridgehead atoms. The van der Waals surface area contributed by atoms with Crippen molar-refractivity contribution in [2.75, 3.05) is 24.5 Å². The van der Waals surface area contributed by atoms with E-state index in [-0.39, 0.29) is 0 Å². The molecular weight excluding hydrogens is 200 g/mol. The normalized spacial score (nSPS) is 20.9. The number of aryl methyl sites for hydroxylation is 1. The van der Waals surface area contributed by atoms with E-state index in [9.17, 15) is 0 Å². The van der Waals surface area contributed by atoms with E-state index >= 15 is 0 Å². The van der Waals surface area contributed by atoms with Crippen molar-refractivity contribution in [1.82, 2.24) is 15.1 Å². The molecule has 0 atom stereocenters. The molecular formula is C12H20N4. The number of fused-ring (bicyclic) bond motifs is 1. The maximum Gasteiger partial charge on any atom is 0.130 e. The van der Waals surface area contributed by atoms with Gasteiger partial charge in [-0.1, -0.05) is 0 Å². The summed E-state index contributed by atoms with van der Waals surface area (Å²) in [6.45, 7) is 4.45. The summed E-state index contributed by atoms with van der Waals surface area (Å²) in [5.41, 5.74) is 2.75. The van der Waals surface area contributed by atoms with Gasteiger partial charge in [0, 0.05) is 32.2 Å². The zero-order chi connectivity index (χ0) is 11.0. The van der Waals surface area contributed by atoms with E-state index in [1.807, 2.05) is 0 Å². The third-order valence-electron chi connectivity index (χ3n) is 3.70. The Labute approximate surface area is 96.6 Å². The lowest BCUT2D eigenvalue weighted by Crippen LogP contribution is -2.32. The van der Waals surface area contributed by atoms with E-state index in [0.29, 0.717) is 0 Å². The van der Waals surface area contributed by atoms with E-state index in [4.69, 9.17) is 0 Å². The number of nitrogens with zero attached hydrogens (tertiary/aromatic N) is 3. The number of nitrogens with one attached hydrogen (secondary N) is 1. The van der Waals surface area contributed by atoms with Gasteiger partial charge in [-0.3, -0.25) is 4.68 Å². The Morgan fingerprint density at radius 1 is 1.19 bits per heavy atom. The molecule has 3 rings (SSSR count). The zero-order valence-electron chi connectivity index (χ0n) is 10.00. The average Bonchev–Trinajstić information content (AvgIpc) is 2.66. The van der Waals surface area contributed by atoms with Crippen LogP contribution in [-0.2, 0) is 20.0 Å². The highest BCUT2D eigenvalue weighted by Crippen LogP contribution is 2.28. The molecule has 0 radical (unpaired) electrons. The Balaban J connectivity index is 1.95. The lowest BCUT2D eigenvalue weighted by atomic mass is 10.1. The van der Waals surface area contributed by atoms with Gasteiger partial charge in [-0.25, -0.2) is 0 Å². The number of hydrogen-bond acceptors (Lipinski definition) is 3. The summed E-state index contributed by atoms with van der Waals surface area (Å²) in [6.07, 6.45) is 5.18. The highest BCUT2D eigenvalue weighted by Gasteiger charge is 2.23. The topological polar surface area (TPSA) is 33.1 Å². The van der Waals surface area contributed by atoms with Gasteiger partial charge in [0.1, 0.15) is 5.82 Å². The Morgan fingerprint density at radius 2 is 2.00 bits per heavy atom. The van der Waals surface area contributed by atoms with Gasteiger partial charge in [0.05, 0.1) is 5.69 Å². The molecule has 0 amide bonds. The van der Waals surface area contributed by atoms with Gasteiger partial charge in [-0.15, -0.1) is 0 Å². The maximum atomic E-state index is 4.64. The van der Waals surface area contributed by atoms with Crippen LogP contribution in [0.4, 0.5) is 5.82 Å². The highest BCUT2D eigenvalue weighted by molar-refractivity contribution is 5.51. The smallest absolute Gasteiger partial charge is 0.130 e. The van der Waals surface area contributed by atoms with Crippen LogP contribution in [0.15, 0.2) is 0 Å². The summed E-state index contributed by atoms with van der Waals surface area (Å²) >= 11 is 0. The number of anilines is 1. The number of rotatable bonds is 1. The van der Waals surface area contributed by atoms with Crippen molar-refractivity contribution in [2.24, 2.45) is 7.05 Å². The van der Waals surface area contributed by atoms with Gasteiger partial charge in [-0.05, 0) is 32.2 Å². The fraction of sp³-hybridized carbons (Fsp3) is 0.750. The molecule has 0 saturated carbocycles. The second-order valence-corrected chi connectivity index (χ2v) is 4.85. The predicted molar refractivity (Wildman–Crippen MR) is 64.7 cm³/mol. The molecule has 1 aromatic heterocycles. The molecule has 0 spiro atoms. The van der Waals surface area contributed by atoms with Crippen molar-refractivity contribution in [3.05, 3.63) is 11.3 Å². The molecule has 1 aromatic rings. The van der Waals surface area contributed by atoms with E-state index in [1.54, 1.807) is 0 Å². The first-order valence-electron chi connectivity index (χ1n) is 6.36. The van der Waals surface area contributed by atoms with Crippen molar-refractivity contribution in [3.8, 4) is 0 Å². The average molecular weight is 220 g/mol. The van der Waals surface area contributed by atoms with Gasteiger partial charge in [0.15, 0.2) is 0 Å². The van der Waals surface area contributed by atoms with Crippen molar-refractivity contribution in [1.29, 1.82) is 0 Å². The molecule has 2 aliphatic rings. The van der Waals surface area contributed by atoms with Gasteiger partial charge < -0.3 is 10.2 Å². The van der Waals surface area contributed by atoms with E-state index in [0.717, 1.165) is 19.5 Å². The van der Waals surface area contributed by atoms with Crippen LogP contribution in [-0.4, -0.2) is 29.4 Å². The molecule has 0 aromatic carbocycles. The van der Waals surface area contributed by atoms with Crippen LogP contribution >= 0.6 is 0 Å². The van der Waals surface area contributed by atoms with Gasteiger partial charge in [0.2, 0.25) is 0 Å². The summed E-state index contributed by atoms with van der Waals surface area (Å²) in [6, 6.07) is 0. The Bertz CT molecular complexity index is 377. The number of aromatic nitrogens is 2. The second kappa shape index (κ2) is 4.09. The highest BCUT2D eigenvalue weighted by atomic mass is 15.4. The van der Waals surface area contributed by atoms with Crippen molar-refractivity contribution >= 4 is 5.82 Å². The number of hydrogen-bond donors (Lipinski definition) is 1. The second-order valence-electron chi connectivity index (χ2n) is 4.85. The van der Waals surface area contributed by atoms with E-state index in [1.165, 1.54) is 49.4 Å². The molecule has 0 aliphatic carbocycles. The van der Waals surface area contributed by atoms with Gasteiger partial charge >= 0.3 is 0 Å². The van der Waals surface area contributed by atoms with Crippen LogP contribution in [0, 0.1) is 0 Å². The van der Waals surface area contributed by atoms with Crippen LogP contribution in [0.1, 0.15) is 30.5 Å². The first kappa shape index (κ1) is 10.1. The first-order valence-corrected chi connectivity index (χ1v) is 6.36. The third kappa shape index (κ3) is 1.61. The quantitative estimate of drug-likeness (QED) is 0.768. The molecule has 16 heavy (non-hydrogen) atoms. The number of piperidine rings is 1. The first-order chi connectivity index (χ1) is 7.86. The van der Waals surface area contributed by atoms with Crippen molar-refractivity contribution in [3.63, 3.8) is 0 Å². The molecule has 4 nitrogen and oxygen atoms in total. The van der Waals surface area contributed by atoms with Crippen LogP contribution in [0.25, 0.3) is 0 Å². The molecule has 3 heterocycles. The standard InChI is InChI=1S/C12H20N4/c1-15-12(16-7-3-2-4-8-16)10-5-6-13-9-11(10)14-15/h13H,2-9H2,1H3. The van der Waals surface area contributed by atoms with Crippen LogP contribution in [0.3, 0.4) is 0 Å². The summed E-state index contributed by atoms with van der Waals surface area (Å²) in [4.78, 5) is 2.53. The molecule has 1 saturated heterocycles. The van der Waals surface area contributed by atoms with Crippen molar-refractivity contribution < 1.29 is 0 Å². The Hall–Kier alpha value is -1.03. The SMILES string of the molecule is Cn1nc2c(c1N1CCCCC1)CCNC2. The minimum absolute atomic E-state index is 0.941. The molecule has 0 unspecified atom stereocenters. The minimum atomic E-state index is 0.941. The summed E-state index contributed by atoms with van der Waals surface area (Å²) in [7, 11) is 2.09. The predicted octanol–water partition coefficient (Wildman–Crippen LogP) is 1.06. The van der Waals surface area contributed by atoms with E-state index in [2.05, 4.69) is 27.0 Å². The summed E-state index contributed by atoms with van der Waals surface area (Å²) in [5.74, 6) is 1.39. The molecule has 1 N–H and O–H groups in total. The Morgan fingerprint density at radius 3 is 2.81 bits per heavy atom. The molecule has 2 aliphatic heterocycles. The van der Waals surface area contributed by atoms with Gasteiger partial charge in [-0.2, -0.15) is 5.10 Å². The molecule has 1 fully saturated rings. The van der Waals surface area contributed by atoms with Gasteiger partial charge in [0.25, 0.3) is 0 Å². The maximum absolute atomic E-state index is 4.64. The van der Waals surface area contributed by atoms with Crippen LogP contribution < -0.4 is 10.2 Å². The fourth-order valence-electron chi connectivity index (χ4n) is 2.93. The molecule has 88 valence electrons. The van der Waals surface area contributed by atoms with Crippen molar-refractivity contribution in [2.45, 2.75) is 32.2 Å². The lowest BCUT2D eigenvalue weighted by Gasteiger charge is -2.30. The third-order valence-corrected chi connectivity index (χ3v) is 3.70. The summed E-state index contributed by atoms with van der Waals surface area (Å²) < 4.78 is 2.09. The molecule has 4 heteroatoms. The Kier molecular flexibility index (Phi) is 2.59. The summed E-state index contributed by atoms with van der Waals surface area (Å²) in [5, 5.41) is 8.03. The lowest BCUT2D eigenvalue weighted by molar-refractivity contribution is 0.559.